The zero-order chi connectivity index (χ0) is 40.7. The first-order chi connectivity index (χ1) is 28.0. The van der Waals surface area contributed by atoms with E-state index in [1.165, 1.54) is 6.92 Å². The summed E-state index contributed by atoms with van der Waals surface area (Å²) in [6.07, 6.45) is 15.6. The molecule has 0 aromatic heterocycles. The molecule has 8 atom stereocenters. The van der Waals surface area contributed by atoms with E-state index >= 15 is 4.79 Å². The fraction of sp³-hybridized carbons (Fsp3) is 0.809. The predicted molar refractivity (Wildman–Crippen MR) is 218 cm³/mol. The van der Waals surface area contributed by atoms with Crippen molar-refractivity contribution in [2.24, 2.45) is 28.1 Å². The third kappa shape index (κ3) is 7.45. The van der Waals surface area contributed by atoms with Crippen LogP contribution >= 0.6 is 0 Å². The molecule has 3 aliphatic heterocycles. The number of hydrogen-bond donors (Lipinski definition) is 5. The topological polar surface area (TPSA) is 164 Å². The Morgan fingerprint density at radius 2 is 1.66 bits per heavy atom. The molecule has 0 bridgehead atoms. The smallest absolute Gasteiger partial charge is 0.332 e. The van der Waals surface area contributed by atoms with E-state index < -0.39 is 34.7 Å². The lowest BCUT2D eigenvalue weighted by Crippen LogP contribution is -2.68. The van der Waals surface area contributed by atoms with Gasteiger partial charge in [-0.05, 0) is 139 Å². The van der Waals surface area contributed by atoms with E-state index in [0.29, 0.717) is 44.5 Å². The van der Waals surface area contributed by atoms with E-state index in [0.717, 1.165) is 127 Å². The normalized spacial score (nSPS) is 32.2. The molecule has 322 valence electrons. The van der Waals surface area contributed by atoms with Crippen molar-refractivity contribution >= 4 is 17.8 Å². The van der Waals surface area contributed by atoms with Crippen molar-refractivity contribution in [1.29, 1.82) is 0 Å². The Kier molecular flexibility index (Phi) is 12.2. The lowest BCUT2D eigenvalue weighted by Gasteiger charge is -2.55. The van der Waals surface area contributed by atoms with Crippen LogP contribution in [0.25, 0.3) is 0 Å². The van der Waals surface area contributed by atoms with Crippen molar-refractivity contribution in [2.75, 3.05) is 26.3 Å². The molecular weight excluding hydrogens is 737 g/mol. The van der Waals surface area contributed by atoms with Gasteiger partial charge in [-0.1, -0.05) is 44.6 Å². The minimum absolute atomic E-state index is 0.00699. The number of aliphatic hydroxyl groups is 2. The van der Waals surface area contributed by atoms with Crippen LogP contribution in [0.5, 0.6) is 11.5 Å². The number of phenolic OH excluding ortho intramolecular Hbond substituents is 1. The number of aliphatic hydroxyl groups excluding tert-OH is 2. The Morgan fingerprint density at radius 3 is 2.36 bits per heavy atom. The van der Waals surface area contributed by atoms with Gasteiger partial charge in [0.05, 0.1) is 12.7 Å². The minimum atomic E-state index is -1.09. The van der Waals surface area contributed by atoms with Crippen molar-refractivity contribution in [3.05, 3.63) is 23.3 Å². The molecule has 1 spiro atoms. The number of ether oxygens (including phenoxy) is 3. The summed E-state index contributed by atoms with van der Waals surface area (Å²) in [5.74, 6) is 0.187. The van der Waals surface area contributed by atoms with Crippen molar-refractivity contribution < 1.29 is 43.9 Å². The van der Waals surface area contributed by atoms with E-state index in [9.17, 15) is 24.9 Å². The quantitative estimate of drug-likeness (QED) is 0.130. The molecule has 1 unspecified atom stereocenters. The highest BCUT2D eigenvalue weighted by atomic mass is 16.6. The second-order valence-electron chi connectivity index (χ2n) is 20.0. The Hall–Kier alpha value is -2.89. The van der Waals surface area contributed by atoms with Gasteiger partial charge >= 0.3 is 11.9 Å². The molecule has 1 aromatic carbocycles. The van der Waals surface area contributed by atoms with Crippen LogP contribution in [-0.2, 0) is 23.9 Å². The summed E-state index contributed by atoms with van der Waals surface area (Å²) in [6.45, 7) is 5.26. The van der Waals surface area contributed by atoms with Crippen LogP contribution in [0.15, 0.2) is 12.1 Å². The Labute approximate surface area is 345 Å². The SMILES string of the molecule is CC(=O)O[C@H](CCC[C@H](C)O)CC(OC(=O)[C@@]12CCCC[C@@H]1CC1(CCCC1)C(=O)N2)C1([C@H]2CC[C@@H]3c4c2ccc(O)c4OC[C@H]3C2(CO)CCCC2)CCNCC1. The Morgan fingerprint density at radius 1 is 0.931 bits per heavy atom. The third-order valence-corrected chi connectivity index (χ3v) is 16.8. The molecule has 4 aliphatic carbocycles. The van der Waals surface area contributed by atoms with Crippen molar-refractivity contribution in [1.82, 2.24) is 10.6 Å². The molecule has 2 saturated heterocycles. The minimum Gasteiger partial charge on any atom is -0.504 e. The maximum atomic E-state index is 15.3. The second-order valence-corrected chi connectivity index (χ2v) is 20.0. The van der Waals surface area contributed by atoms with Crippen LogP contribution in [0.4, 0.5) is 0 Å². The molecule has 7 aliphatic rings. The summed E-state index contributed by atoms with van der Waals surface area (Å²) in [6, 6.07) is 3.83. The van der Waals surface area contributed by atoms with Gasteiger partial charge in [-0.3, -0.25) is 9.59 Å². The molecule has 1 aromatic rings. The monoisotopic (exact) mass is 807 g/mol. The first-order valence-corrected chi connectivity index (χ1v) is 23.1. The third-order valence-electron chi connectivity index (χ3n) is 16.8. The molecule has 11 heteroatoms. The number of phenols is 1. The van der Waals surface area contributed by atoms with E-state index in [2.05, 4.69) is 16.7 Å². The van der Waals surface area contributed by atoms with E-state index in [-0.39, 0.29) is 59.3 Å². The maximum Gasteiger partial charge on any atom is 0.332 e. The highest BCUT2D eigenvalue weighted by Gasteiger charge is 2.61. The number of esters is 2. The first kappa shape index (κ1) is 41.8. The number of aromatic hydroxyl groups is 1. The van der Waals surface area contributed by atoms with Gasteiger partial charge in [-0.2, -0.15) is 0 Å². The molecular formula is C47H70N2O9. The molecule has 5 N–H and O–H groups in total. The Bertz CT molecular complexity index is 1660. The number of nitrogens with one attached hydrogen (secondary N) is 2. The number of amides is 1. The number of carbonyl (C=O) groups is 3. The first-order valence-electron chi connectivity index (χ1n) is 23.1. The summed E-state index contributed by atoms with van der Waals surface area (Å²) >= 11 is 0. The van der Waals surface area contributed by atoms with Crippen LogP contribution < -0.4 is 15.4 Å². The summed E-state index contributed by atoms with van der Waals surface area (Å²) < 4.78 is 19.7. The fourth-order valence-corrected chi connectivity index (χ4v) is 13.9. The lowest BCUT2D eigenvalue weighted by atomic mass is 9.54. The molecule has 58 heavy (non-hydrogen) atoms. The summed E-state index contributed by atoms with van der Waals surface area (Å²) in [4.78, 5) is 42.2. The van der Waals surface area contributed by atoms with Crippen LogP contribution in [0.1, 0.15) is 172 Å². The average Bonchev–Trinajstić information content (AvgIpc) is 3.90. The van der Waals surface area contributed by atoms with E-state index in [4.69, 9.17) is 14.2 Å². The zero-order valence-corrected chi connectivity index (χ0v) is 35.2. The number of rotatable bonds is 13. The van der Waals surface area contributed by atoms with Gasteiger partial charge < -0.3 is 40.2 Å². The maximum absolute atomic E-state index is 15.3. The number of fused-ring (bicyclic) bond motifs is 1. The molecule has 1 amide bonds. The molecule has 0 radical (unpaired) electrons. The lowest BCUT2D eigenvalue weighted by molar-refractivity contribution is -0.183. The molecule has 3 saturated carbocycles. The zero-order valence-electron chi connectivity index (χ0n) is 35.2. The van der Waals surface area contributed by atoms with Gasteiger partial charge in [-0.25, -0.2) is 4.79 Å². The molecule has 11 nitrogen and oxygen atoms in total. The van der Waals surface area contributed by atoms with E-state index in [1.54, 1.807) is 13.0 Å². The van der Waals surface area contributed by atoms with Crippen molar-refractivity contribution in [3.63, 3.8) is 0 Å². The number of hydrogen-bond acceptors (Lipinski definition) is 10. The standard InChI is InChI=1S/C47H70N2O9/c1-30(51)10-9-12-33(57-31(2)52)26-39(58-43(55)47-21-4-3-11-32(47)27-44(42(54)49-47)17-5-6-18-44)46(22-24-48-25-23-46)36-15-13-35-37(45(29-50)19-7-8-20-45)28-56-41-38(53)16-14-34(36)40(35)41/h14,16,30,32-33,35-37,39,48,50-51,53H,3-13,15,17-29H2,1-2H3,(H,49,54)/t30-,32+,33+,35-,36-,37+,39?,47+/m0/s1. The van der Waals surface area contributed by atoms with E-state index in [1.807, 2.05) is 0 Å². The molecule has 3 heterocycles. The summed E-state index contributed by atoms with van der Waals surface area (Å²) in [7, 11) is 0. The van der Waals surface area contributed by atoms with Crippen molar-refractivity contribution in [3.8, 4) is 11.5 Å². The van der Waals surface area contributed by atoms with Crippen molar-refractivity contribution in [2.45, 2.75) is 184 Å². The average molecular weight is 807 g/mol. The van der Waals surface area contributed by atoms with Gasteiger partial charge in [0.2, 0.25) is 5.91 Å². The predicted octanol–water partition coefficient (Wildman–Crippen LogP) is 7.08. The van der Waals surface area contributed by atoms with Crippen LogP contribution in [0.3, 0.4) is 0 Å². The second kappa shape index (κ2) is 16.9. The highest BCUT2D eigenvalue weighted by molar-refractivity contribution is 5.93. The van der Waals surface area contributed by atoms with Crippen LogP contribution in [-0.4, -0.2) is 83.3 Å². The van der Waals surface area contributed by atoms with Gasteiger partial charge in [0.15, 0.2) is 11.5 Å². The fourth-order valence-electron chi connectivity index (χ4n) is 13.9. The van der Waals surface area contributed by atoms with Crippen LogP contribution in [0.2, 0.25) is 0 Å². The van der Waals surface area contributed by atoms with Gasteiger partial charge in [0, 0.05) is 47.7 Å². The van der Waals surface area contributed by atoms with Crippen LogP contribution in [0, 0.1) is 28.1 Å². The Balaban J connectivity index is 1.19. The van der Waals surface area contributed by atoms with Gasteiger partial charge in [0.1, 0.15) is 17.7 Å². The number of carbonyl (C=O) groups excluding carboxylic acids is 3. The molecule has 8 rings (SSSR count). The molecule has 5 fully saturated rings. The largest absolute Gasteiger partial charge is 0.504 e. The number of piperidine rings is 2. The van der Waals surface area contributed by atoms with Gasteiger partial charge in [-0.15, -0.1) is 0 Å². The number of benzene rings is 1. The highest BCUT2D eigenvalue weighted by Crippen LogP contribution is 2.63. The van der Waals surface area contributed by atoms with Gasteiger partial charge in [0.25, 0.3) is 0 Å². The summed E-state index contributed by atoms with van der Waals surface area (Å²) in [5, 5.41) is 39.3. The summed E-state index contributed by atoms with van der Waals surface area (Å²) in [5.41, 5.74) is -0.0617.